The molecule has 0 spiro atoms. The molecule has 0 bridgehead atoms. The Bertz CT molecular complexity index is 866. The van der Waals surface area contributed by atoms with Crippen molar-refractivity contribution in [2.45, 2.75) is 12.5 Å². The van der Waals surface area contributed by atoms with Crippen LogP contribution in [0, 0.1) is 5.41 Å². The van der Waals surface area contributed by atoms with Crippen LogP contribution in [0.3, 0.4) is 0 Å². The monoisotopic (exact) mass is 382 g/mol. The third-order valence-electron chi connectivity index (χ3n) is 4.62. The molecule has 1 aliphatic heterocycles. The topological polar surface area (TPSA) is 145 Å². The van der Waals surface area contributed by atoms with Gasteiger partial charge >= 0.3 is 5.97 Å². The number of carboxylic acid groups (broad SMARTS) is 1. The van der Waals surface area contributed by atoms with E-state index in [1.54, 1.807) is 24.5 Å². The zero-order valence-electron chi connectivity index (χ0n) is 15.3. The van der Waals surface area contributed by atoms with E-state index in [4.69, 9.17) is 16.2 Å². The predicted molar refractivity (Wildman–Crippen MR) is 103 cm³/mol. The Hall–Kier alpha value is -3.17. The van der Waals surface area contributed by atoms with Gasteiger partial charge in [0.05, 0.1) is 12.5 Å². The summed E-state index contributed by atoms with van der Waals surface area (Å²) in [6.07, 6.45) is 3.23. The number of rotatable bonds is 7. The number of carbonyl (C=O) groups excluding carboxylic acids is 1. The molecule has 1 aromatic carbocycles. The molecule has 2 heterocycles. The molecular formula is C19H22N6O3. The lowest BCUT2D eigenvalue weighted by Gasteiger charge is -2.32. The average molecular weight is 382 g/mol. The number of nitrogens with two attached hydrogens (primary N) is 1. The number of aliphatic carboxylic acids is 1. The molecule has 0 aliphatic carbocycles. The molecule has 1 unspecified atom stereocenters. The van der Waals surface area contributed by atoms with Gasteiger partial charge in [0, 0.05) is 49.7 Å². The highest BCUT2D eigenvalue weighted by Crippen LogP contribution is 2.18. The van der Waals surface area contributed by atoms with Crippen LogP contribution in [0.2, 0.25) is 0 Å². The lowest BCUT2D eigenvalue weighted by molar-refractivity contribution is -0.137. The Balaban J connectivity index is 1.66. The summed E-state index contributed by atoms with van der Waals surface area (Å²) >= 11 is 0. The number of benzene rings is 1. The summed E-state index contributed by atoms with van der Waals surface area (Å²) in [7, 11) is 0. The fraction of sp³-hybridized carbons (Fsp3) is 0.316. The Labute approximate surface area is 162 Å². The number of carboxylic acids is 1. The second-order valence-corrected chi connectivity index (χ2v) is 6.60. The van der Waals surface area contributed by atoms with Crippen molar-refractivity contribution in [3.63, 3.8) is 0 Å². The van der Waals surface area contributed by atoms with Crippen LogP contribution in [0.4, 0.5) is 0 Å². The van der Waals surface area contributed by atoms with Crippen LogP contribution >= 0.6 is 0 Å². The summed E-state index contributed by atoms with van der Waals surface area (Å²) < 4.78 is 0. The first-order chi connectivity index (χ1) is 13.4. The highest BCUT2D eigenvalue weighted by Gasteiger charge is 2.27. The molecule has 0 amide bonds. The molecule has 1 atom stereocenters. The van der Waals surface area contributed by atoms with E-state index in [-0.39, 0.29) is 23.9 Å². The van der Waals surface area contributed by atoms with Crippen LogP contribution in [0.5, 0.6) is 0 Å². The molecule has 1 aromatic heterocycles. The van der Waals surface area contributed by atoms with Crippen LogP contribution in [-0.2, 0) is 4.79 Å². The van der Waals surface area contributed by atoms with Crippen LogP contribution in [0.25, 0.3) is 11.1 Å². The van der Waals surface area contributed by atoms with E-state index in [1.165, 1.54) is 0 Å². The summed E-state index contributed by atoms with van der Waals surface area (Å²) in [6, 6.07) is 6.67. The molecule has 146 valence electrons. The number of hydrogen-bond donors (Lipinski definition) is 4. The van der Waals surface area contributed by atoms with Crippen molar-refractivity contribution in [3.8, 4) is 11.1 Å². The number of aromatic nitrogens is 2. The van der Waals surface area contributed by atoms with Crippen molar-refractivity contribution in [2.24, 2.45) is 5.73 Å². The van der Waals surface area contributed by atoms with Gasteiger partial charge in [-0.1, -0.05) is 24.3 Å². The highest BCUT2D eigenvalue weighted by atomic mass is 16.4. The number of piperazine rings is 1. The standard InChI is InChI=1S/C19H22N6O3/c20-18(21)13-3-1-12(2-4-13)14-9-23-19(24-10-14)17(28)15-11-25(8-6-22-15)7-5-16(26)27/h1-4,9-10,15,22H,5-8,11H2,(H3,20,21)(H,26,27). The first-order valence-electron chi connectivity index (χ1n) is 8.92. The van der Waals surface area contributed by atoms with Gasteiger partial charge in [0.25, 0.3) is 0 Å². The lowest BCUT2D eigenvalue weighted by atomic mass is 10.1. The molecule has 9 nitrogen and oxygen atoms in total. The smallest absolute Gasteiger partial charge is 0.304 e. The third-order valence-corrected chi connectivity index (χ3v) is 4.62. The number of hydrogen-bond acceptors (Lipinski definition) is 7. The largest absolute Gasteiger partial charge is 0.481 e. The summed E-state index contributed by atoms with van der Waals surface area (Å²) in [6.45, 7) is 2.16. The van der Waals surface area contributed by atoms with Crippen LogP contribution in [0.1, 0.15) is 22.6 Å². The Morgan fingerprint density at radius 1 is 1.21 bits per heavy atom. The lowest BCUT2D eigenvalue weighted by Crippen LogP contribution is -2.54. The van der Waals surface area contributed by atoms with Crippen molar-refractivity contribution < 1.29 is 14.7 Å². The van der Waals surface area contributed by atoms with Gasteiger partial charge in [0.1, 0.15) is 5.84 Å². The summed E-state index contributed by atoms with van der Waals surface area (Å²) in [5.74, 6) is -0.932. The molecule has 9 heteroatoms. The molecule has 0 radical (unpaired) electrons. The zero-order valence-corrected chi connectivity index (χ0v) is 15.3. The quantitative estimate of drug-likeness (QED) is 0.305. The Morgan fingerprint density at radius 3 is 2.50 bits per heavy atom. The predicted octanol–water partition coefficient (Wildman–Crippen LogP) is 0.359. The van der Waals surface area contributed by atoms with Gasteiger partial charge < -0.3 is 16.2 Å². The van der Waals surface area contributed by atoms with Crippen molar-refractivity contribution in [3.05, 3.63) is 48.0 Å². The third kappa shape index (κ3) is 4.76. The number of nitrogens with one attached hydrogen (secondary N) is 2. The van der Waals surface area contributed by atoms with Crippen LogP contribution in [-0.4, -0.2) is 69.8 Å². The fourth-order valence-corrected chi connectivity index (χ4v) is 3.05. The van der Waals surface area contributed by atoms with Gasteiger partial charge in [-0.2, -0.15) is 0 Å². The van der Waals surface area contributed by atoms with Gasteiger partial charge in [0.15, 0.2) is 5.82 Å². The SMILES string of the molecule is N=C(N)c1ccc(-c2cnc(C(=O)C3CN(CCC(=O)O)CCN3)nc2)cc1. The van der Waals surface area contributed by atoms with Crippen molar-refractivity contribution >= 4 is 17.6 Å². The summed E-state index contributed by atoms with van der Waals surface area (Å²) in [5, 5.41) is 19.4. The minimum atomic E-state index is -0.850. The van der Waals surface area contributed by atoms with E-state index in [2.05, 4.69) is 15.3 Å². The van der Waals surface area contributed by atoms with Crippen molar-refractivity contribution in [1.82, 2.24) is 20.2 Å². The van der Waals surface area contributed by atoms with E-state index in [9.17, 15) is 9.59 Å². The molecular weight excluding hydrogens is 360 g/mol. The van der Waals surface area contributed by atoms with Crippen LogP contribution in [0.15, 0.2) is 36.7 Å². The van der Waals surface area contributed by atoms with E-state index in [0.29, 0.717) is 31.7 Å². The zero-order chi connectivity index (χ0) is 20.1. The molecule has 1 aliphatic rings. The average Bonchev–Trinajstić information content (AvgIpc) is 2.72. The molecule has 3 rings (SSSR count). The van der Waals surface area contributed by atoms with Gasteiger partial charge in [-0.05, 0) is 5.56 Å². The Morgan fingerprint density at radius 2 is 1.89 bits per heavy atom. The van der Waals surface area contributed by atoms with Gasteiger partial charge in [-0.15, -0.1) is 0 Å². The van der Waals surface area contributed by atoms with Crippen molar-refractivity contribution in [2.75, 3.05) is 26.2 Å². The maximum absolute atomic E-state index is 12.7. The normalized spacial score (nSPS) is 17.2. The first kappa shape index (κ1) is 19.6. The fourth-order valence-electron chi connectivity index (χ4n) is 3.05. The van der Waals surface area contributed by atoms with E-state index in [1.807, 2.05) is 17.0 Å². The second-order valence-electron chi connectivity index (χ2n) is 6.60. The summed E-state index contributed by atoms with van der Waals surface area (Å²) in [5.41, 5.74) is 7.70. The Kier molecular flexibility index (Phi) is 6.07. The van der Waals surface area contributed by atoms with Gasteiger partial charge in [0.2, 0.25) is 5.78 Å². The van der Waals surface area contributed by atoms with Crippen LogP contribution < -0.4 is 11.1 Å². The number of nitrogen functional groups attached to an aromatic ring is 1. The van der Waals surface area contributed by atoms with E-state index < -0.39 is 12.0 Å². The number of Topliss-reactive ketones (excluding diaryl/α,β-unsaturated/α-hetero) is 1. The summed E-state index contributed by atoms with van der Waals surface area (Å²) in [4.78, 5) is 33.8. The van der Waals surface area contributed by atoms with E-state index >= 15 is 0 Å². The number of ketones is 1. The van der Waals surface area contributed by atoms with Gasteiger partial charge in [-0.25, -0.2) is 9.97 Å². The maximum Gasteiger partial charge on any atom is 0.304 e. The number of nitrogens with zero attached hydrogens (tertiary/aromatic N) is 3. The molecule has 0 saturated carbocycles. The van der Waals surface area contributed by atoms with Crippen molar-refractivity contribution in [1.29, 1.82) is 5.41 Å². The molecule has 5 N–H and O–H groups in total. The highest BCUT2D eigenvalue weighted by molar-refractivity contribution is 5.97. The molecule has 28 heavy (non-hydrogen) atoms. The molecule has 1 fully saturated rings. The minimum Gasteiger partial charge on any atom is -0.481 e. The number of carbonyl (C=O) groups is 2. The minimum absolute atomic E-state index is 0.00104. The molecule has 1 saturated heterocycles. The number of amidine groups is 1. The molecule has 2 aromatic rings. The van der Waals surface area contributed by atoms with Gasteiger partial charge in [-0.3, -0.25) is 19.9 Å². The maximum atomic E-state index is 12.7. The second kappa shape index (κ2) is 8.68. The first-order valence-corrected chi connectivity index (χ1v) is 8.92. The van der Waals surface area contributed by atoms with E-state index in [0.717, 1.165) is 11.1 Å².